The van der Waals surface area contributed by atoms with Crippen LogP contribution >= 0.6 is 0 Å². The molecule has 0 radical (unpaired) electrons. The average molecular weight is 424 g/mol. The standard InChI is InChI=1S/C25H29NO5/c1-30-21-13-7-6-12-20(21)22(25(29)14-8-3-9-15-25)23(27)26-19(17-31-24(26)28)16-18-10-4-2-5-11-18/h2,4-7,10-13,19,22,29H,3,8-9,14-17H2,1H3/t19-,22+/m1/s1. The second kappa shape index (κ2) is 9.10. The molecule has 0 spiro atoms. The van der Waals surface area contributed by atoms with Crippen molar-refractivity contribution in [1.82, 2.24) is 4.90 Å². The van der Waals surface area contributed by atoms with E-state index in [1.165, 1.54) is 4.90 Å². The Morgan fingerprint density at radius 3 is 2.52 bits per heavy atom. The predicted molar refractivity (Wildman–Crippen MR) is 116 cm³/mol. The van der Waals surface area contributed by atoms with Crippen molar-refractivity contribution in [3.63, 3.8) is 0 Å². The number of ether oxygens (including phenoxy) is 2. The van der Waals surface area contributed by atoms with E-state index in [4.69, 9.17) is 9.47 Å². The van der Waals surface area contributed by atoms with Crippen LogP contribution in [0, 0.1) is 0 Å². The van der Waals surface area contributed by atoms with Gasteiger partial charge in [0.25, 0.3) is 0 Å². The van der Waals surface area contributed by atoms with Gasteiger partial charge in [0.05, 0.1) is 24.7 Å². The Hall–Kier alpha value is -2.86. The van der Waals surface area contributed by atoms with E-state index in [1.807, 2.05) is 48.5 Å². The molecule has 2 amide bonds. The Morgan fingerprint density at radius 2 is 1.81 bits per heavy atom. The number of nitrogens with zero attached hydrogens (tertiary/aromatic N) is 1. The highest BCUT2D eigenvalue weighted by molar-refractivity contribution is 5.98. The number of cyclic esters (lactones) is 1. The van der Waals surface area contributed by atoms with Crippen LogP contribution in [0.1, 0.15) is 49.1 Å². The van der Waals surface area contributed by atoms with Crippen molar-refractivity contribution in [1.29, 1.82) is 0 Å². The summed E-state index contributed by atoms with van der Waals surface area (Å²) >= 11 is 0. The molecule has 0 bridgehead atoms. The zero-order valence-corrected chi connectivity index (χ0v) is 17.8. The molecular weight excluding hydrogens is 394 g/mol. The van der Waals surface area contributed by atoms with Gasteiger partial charge in [0.1, 0.15) is 12.4 Å². The summed E-state index contributed by atoms with van der Waals surface area (Å²) in [5, 5.41) is 11.6. The van der Waals surface area contributed by atoms with E-state index in [1.54, 1.807) is 13.2 Å². The number of rotatable bonds is 6. The van der Waals surface area contributed by atoms with Crippen molar-refractivity contribution < 1.29 is 24.2 Å². The van der Waals surface area contributed by atoms with E-state index < -0.39 is 29.6 Å². The number of carbonyl (C=O) groups is 2. The summed E-state index contributed by atoms with van der Waals surface area (Å²) in [6.45, 7) is 0.149. The third-order valence-electron chi connectivity index (χ3n) is 6.47. The first kappa shape index (κ1) is 21.4. The maximum atomic E-state index is 13.9. The molecular formula is C25H29NO5. The minimum Gasteiger partial charge on any atom is -0.496 e. The van der Waals surface area contributed by atoms with Gasteiger partial charge in [0.15, 0.2) is 0 Å². The highest BCUT2D eigenvalue weighted by Gasteiger charge is 2.50. The van der Waals surface area contributed by atoms with Gasteiger partial charge in [0.2, 0.25) is 5.91 Å². The van der Waals surface area contributed by atoms with Crippen molar-refractivity contribution in [3.8, 4) is 5.75 Å². The van der Waals surface area contributed by atoms with Crippen molar-refractivity contribution in [2.45, 2.75) is 56.1 Å². The van der Waals surface area contributed by atoms with E-state index in [0.717, 1.165) is 24.8 Å². The van der Waals surface area contributed by atoms with Crippen LogP contribution in [-0.2, 0) is 16.0 Å². The van der Waals surface area contributed by atoms with Gasteiger partial charge in [-0.05, 0) is 30.9 Å². The first-order valence-electron chi connectivity index (χ1n) is 10.9. The summed E-state index contributed by atoms with van der Waals surface area (Å²) in [7, 11) is 1.55. The normalized spacial score (nSPS) is 21.4. The van der Waals surface area contributed by atoms with E-state index in [-0.39, 0.29) is 6.61 Å². The zero-order valence-electron chi connectivity index (χ0n) is 17.8. The van der Waals surface area contributed by atoms with Crippen LogP contribution in [0.4, 0.5) is 4.79 Å². The molecule has 2 aliphatic rings. The summed E-state index contributed by atoms with van der Waals surface area (Å²) in [6.07, 6.45) is 3.58. The first-order valence-corrected chi connectivity index (χ1v) is 10.9. The van der Waals surface area contributed by atoms with Crippen LogP contribution in [0.2, 0.25) is 0 Å². The van der Waals surface area contributed by atoms with Crippen LogP contribution in [0.3, 0.4) is 0 Å². The number of aliphatic hydroxyl groups is 1. The molecule has 1 saturated heterocycles. The molecule has 2 aromatic carbocycles. The second-order valence-electron chi connectivity index (χ2n) is 8.47. The Bertz CT molecular complexity index is 923. The highest BCUT2D eigenvalue weighted by Crippen LogP contribution is 2.44. The molecule has 1 aliphatic carbocycles. The molecule has 6 heteroatoms. The van der Waals surface area contributed by atoms with E-state index in [9.17, 15) is 14.7 Å². The first-order chi connectivity index (χ1) is 15.0. The van der Waals surface area contributed by atoms with Crippen molar-refractivity contribution in [3.05, 3.63) is 65.7 Å². The molecule has 2 atom stereocenters. The van der Waals surface area contributed by atoms with Crippen LogP contribution in [0.15, 0.2) is 54.6 Å². The lowest BCUT2D eigenvalue weighted by atomic mass is 9.71. The lowest BCUT2D eigenvalue weighted by molar-refractivity contribution is -0.139. The third-order valence-corrected chi connectivity index (χ3v) is 6.47. The van der Waals surface area contributed by atoms with Gasteiger partial charge in [0, 0.05) is 5.56 Å². The summed E-state index contributed by atoms with van der Waals surface area (Å²) in [6, 6.07) is 16.6. The largest absolute Gasteiger partial charge is 0.496 e. The monoisotopic (exact) mass is 423 g/mol. The van der Waals surface area contributed by atoms with Crippen LogP contribution < -0.4 is 4.74 Å². The number of hydrogen-bond donors (Lipinski definition) is 1. The molecule has 31 heavy (non-hydrogen) atoms. The maximum Gasteiger partial charge on any atom is 0.417 e. The molecule has 1 heterocycles. The fourth-order valence-electron chi connectivity index (χ4n) is 4.92. The molecule has 1 N–H and O–H groups in total. The van der Waals surface area contributed by atoms with Crippen LogP contribution in [0.5, 0.6) is 5.75 Å². The Balaban J connectivity index is 1.71. The average Bonchev–Trinajstić information content (AvgIpc) is 3.15. The highest BCUT2D eigenvalue weighted by atomic mass is 16.6. The topological polar surface area (TPSA) is 76.1 Å². The molecule has 4 rings (SSSR count). The summed E-state index contributed by atoms with van der Waals surface area (Å²) < 4.78 is 10.8. The van der Waals surface area contributed by atoms with Gasteiger partial charge >= 0.3 is 6.09 Å². The SMILES string of the molecule is COc1ccccc1[C@@H](C(=O)N1C(=O)OC[C@H]1Cc1ccccc1)C1(O)CCCCC1. The number of benzene rings is 2. The molecule has 2 aromatic rings. The van der Waals surface area contributed by atoms with Gasteiger partial charge in [-0.3, -0.25) is 4.79 Å². The lowest BCUT2D eigenvalue weighted by Gasteiger charge is -2.40. The van der Waals surface area contributed by atoms with E-state index >= 15 is 0 Å². The summed E-state index contributed by atoms with van der Waals surface area (Å²) in [5.74, 6) is -0.780. The molecule has 164 valence electrons. The Labute approximate surface area is 182 Å². The third kappa shape index (κ3) is 4.30. The fraction of sp³-hybridized carbons (Fsp3) is 0.440. The molecule has 2 fully saturated rings. The fourth-order valence-corrected chi connectivity index (χ4v) is 4.92. The number of amides is 2. The quantitative estimate of drug-likeness (QED) is 0.758. The second-order valence-corrected chi connectivity index (χ2v) is 8.47. The van der Waals surface area contributed by atoms with Crippen LogP contribution in [-0.4, -0.2) is 47.4 Å². The van der Waals surface area contributed by atoms with Gasteiger partial charge in [-0.1, -0.05) is 67.8 Å². The minimum atomic E-state index is -1.23. The Morgan fingerprint density at radius 1 is 1.13 bits per heavy atom. The molecule has 1 saturated carbocycles. The maximum absolute atomic E-state index is 13.9. The summed E-state index contributed by atoms with van der Waals surface area (Å²) in [4.78, 5) is 27.8. The number of imide groups is 1. The van der Waals surface area contributed by atoms with E-state index in [2.05, 4.69) is 0 Å². The van der Waals surface area contributed by atoms with Gasteiger partial charge in [-0.2, -0.15) is 0 Å². The number of carbonyl (C=O) groups excluding carboxylic acids is 2. The minimum absolute atomic E-state index is 0.149. The van der Waals surface area contributed by atoms with Crippen molar-refractivity contribution in [2.24, 2.45) is 0 Å². The van der Waals surface area contributed by atoms with Crippen molar-refractivity contribution in [2.75, 3.05) is 13.7 Å². The molecule has 0 unspecified atom stereocenters. The van der Waals surface area contributed by atoms with E-state index in [0.29, 0.717) is 30.6 Å². The number of para-hydroxylation sites is 1. The number of hydrogen-bond acceptors (Lipinski definition) is 5. The smallest absolute Gasteiger partial charge is 0.417 e. The predicted octanol–water partition coefficient (Wildman–Crippen LogP) is 4.06. The summed E-state index contributed by atoms with van der Waals surface area (Å²) in [5.41, 5.74) is 0.399. The van der Waals surface area contributed by atoms with Gasteiger partial charge in [-0.25, -0.2) is 9.69 Å². The molecule has 6 nitrogen and oxygen atoms in total. The van der Waals surface area contributed by atoms with Gasteiger partial charge < -0.3 is 14.6 Å². The Kier molecular flexibility index (Phi) is 6.28. The molecule has 1 aliphatic heterocycles. The lowest BCUT2D eigenvalue weighted by Crippen LogP contribution is -2.51. The molecule has 0 aromatic heterocycles. The van der Waals surface area contributed by atoms with Gasteiger partial charge in [-0.15, -0.1) is 0 Å². The zero-order chi connectivity index (χ0) is 21.8. The van der Waals surface area contributed by atoms with Crippen LogP contribution in [0.25, 0.3) is 0 Å². The number of methoxy groups -OCH3 is 1. The van der Waals surface area contributed by atoms with Crippen molar-refractivity contribution >= 4 is 12.0 Å².